The molecule has 1 heterocycles. The summed E-state index contributed by atoms with van der Waals surface area (Å²) < 4.78 is 0.709. The van der Waals surface area contributed by atoms with Crippen LogP contribution in [0.15, 0.2) is 22.7 Å². The molecule has 0 aromatic heterocycles. The lowest BCUT2D eigenvalue weighted by molar-refractivity contribution is -0.125. The molecule has 1 aromatic rings. The second kappa shape index (κ2) is 4.85. The molecule has 1 aliphatic rings. The van der Waals surface area contributed by atoms with Gasteiger partial charge in [0.25, 0.3) is 0 Å². The third-order valence-electron chi connectivity index (χ3n) is 3.60. The topological polar surface area (TPSA) is 83.6 Å². The van der Waals surface area contributed by atoms with Crippen molar-refractivity contribution in [2.24, 2.45) is 11.1 Å². The Hall–Kier alpha value is -1.56. The van der Waals surface area contributed by atoms with E-state index in [4.69, 9.17) is 10.8 Å². The first-order chi connectivity index (χ1) is 8.83. The maximum Gasteiger partial charge on any atom is 0.335 e. The molecule has 0 bridgehead atoms. The second-order valence-corrected chi connectivity index (χ2v) is 5.92. The number of carboxylic acid groups (broad SMARTS) is 1. The van der Waals surface area contributed by atoms with E-state index in [0.29, 0.717) is 17.4 Å². The third kappa shape index (κ3) is 2.58. The van der Waals surface area contributed by atoms with Crippen LogP contribution in [0.25, 0.3) is 0 Å². The number of halogens is 1. The van der Waals surface area contributed by atoms with Crippen molar-refractivity contribution in [3.05, 3.63) is 28.2 Å². The van der Waals surface area contributed by atoms with E-state index in [0.717, 1.165) is 12.2 Å². The molecule has 6 heteroatoms. The van der Waals surface area contributed by atoms with E-state index in [-0.39, 0.29) is 11.5 Å². The zero-order valence-corrected chi connectivity index (χ0v) is 12.1. The van der Waals surface area contributed by atoms with E-state index in [1.165, 1.54) is 0 Å². The summed E-state index contributed by atoms with van der Waals surface area (Å²) >= 11 is 3.38. The van der Waals surface area contributed by atoms with Crippen LogP contribution >= 0.6 is 15.9 Å². The Morgan fingerprint density at radius 3 is 2.63 bits per heavy atom. The van der Waals surface area contributed by atoms with Gasteiger partial charge in [0.05, 0.1) is 16.7 Å². The van der Waals surface area contributed by atoms with Crippen LogP contribution in [0.1, 0.15) is 23.7 Å². The van der Waals surface area contributed by atoms with Crippen molar-refractivity contribution in [3.63, 3.8) is 0 Å². The molecule has 1 aliphatic heterocycles. The quantitative estimate of drug-likeness (QED) is 0.887. The lowest BCUT2D eigenvalue weighted by Gasteiger charge is -2.23. The van der Waals surface area contributed by atoms with Gasteiger partial charge < -0.3 is 15.7 Å². The molecule has 0 aliphatic carbocycles. The summed E-state index contributed by atoms with van der Waals surface area (Å²) in [4.78, 5) is 24.4. The summed E-state index contributed by atoms with van der Waals surface area (Å²) in [6.45, 7) is 3.13. The Morgan fingerprint density at radius 2 is 2.16 bits per heavy atom. The van der Waals surface area contributed by atoms with Gasteiger partial charge in [0.1, 0.15) is 0 Å². The number of rotatable bonds is 3. The van der Waals surface area contributed by atoms with Crippen LogP contribution < -0.4 is 10.6 Å². The number of nitrogens with two attached hydrogens (primary N) is 1. The predicted molar refractivity (Wildman–Crippen MR) is 75.2 cm³/mol. The number of benzene rings is 1. The molecule has 1 fully saturated rings. The fourth-order valence-electron chi connectivity index (χ4n) is 2.26. The minimum absolute atomic E-state index is 0.229. The Labute approximate surface area is 119 Å². The molecular weight excluding hydrogens is 312 g/mol. The van der Waals surface area contributed by atoms with Gasteiger partial charge in [0.15, 0.2) is 0 Å². The van der Waals surface area contributed by atoms with Crippen molar-refractivity contribution in [1.29, 1.82) is 0 Å². The van der Waals surface area contributed by atoms with Crippen LogP contribution in [-0.2, 0) is 4.79 Å². The number of primary amides is 1. The average molecular weight is 327 g/mol. The first kappa shape index (κ1) is 13.9. The van der Waals surface area contributed by atoms with E-state index in [2.05, 4.69) is 15.9 Å². The third-order valence-corrected chi connectivity index (χ3v) is 4.24. The summed E-state index contributed by atoms with van der Waals surface area (Å²) in [7, 11) is 0. The Bertz CT molecular complexity index is 547. The Kier molecular flexibility index (Phi) is 3.54. The van der Waals surface area contributed by atoms with Gasteiger partial charge >= 0.3 is 5.97 Å². The zero-order chi connectivity index (χ0) is 14.2. The number of hydrogen-bond donors (Lipinski definition) is 2. The van der Waals surface area contributed by atoms with Gasteiger partial charge in [-0.25, -0.2) is 4.79 Å². The van der Waals surface area contributed by atoms with Crippen LogP contribution in [0.3, 0.4) is 0 Å². The lowest BCUT2D eigenvalue weighted by atomic mass is 9.89. The van der Waals surface area contributed by atoms with E-state index in [1.54, 1.807) is 18.2 Å². The fraction of sp³-hybridized carbons (Fsp3) is 0.385. The molecule has 0 spiro atoms. The van der Waals surface area contributed by atoms with E-state index in [1.807, 2.05) is 11.8 Å². The second-order valence-electron chi connectivity index (χ2n) is 5.07. The number of anilines is 1. The average Bonchev–Trinajstić information content (AvgIpc) is 2.73. The summed E-state index contributed by atoms with van der Waals surface area (Å²) in [6.07, 6.45) is 0.704. The largest absolute Gasteiger partial charge is 0.478 e. The van der Waals surface area contributed by atoms with Crippen LogP contribution in [0.4, 0.5) is 5.69 Å². The van der Waals surface area contributed by atoms with Gasteiger partial charge in [-0.15, -0.1) is 0 Å². The summed E-state index contributed by atoms with van der Waals surface area (Å²) in [6, 6.07) is 4.88. The minimum atomic E-state index is -0.962. The number of aromatic carboxylic acids is 1. The molecular formula is C13H15BrN2O3. The molecule has 5 nitrogen and oxygen atoms in total. The SMILES string of the molecule is CC1(C(N)=O)CCN(c2ccc(C(=O)O)cc2Br)C1. The molecule has 19 heavy (non-hydrogen) atoms. The van der Waals surface area contributed by atoms with Crippen molar-refractivity contribution in [2.45, 2.75) is 13.3 Å². The normalized spacial score (nSPS) is 22.5. The number of amides is 1. The van der Waals surface area contributed by atoms with Gasteiger partial charge in [-0.1, -0.05) is 0 Å². The first-order valence-corrected chi connectivity index (χ1v) is 6.70. The molecule has 0 saturated carbocycles. The zero-order valence-electron chi connectivity index (χ0n) is 10.5. The number of carbonyl (C=O) groups excluding carboxylic acids is 1. The summed E-state index contributed by atoms with van der Waals surface area (Å²) in [5.74, 6) is -1.26. The Morgan fingerprint density at radius 1 is 1.47 bits per heavy atom. The highest BCUT2D eigenvalue weighted by Gasteiger charge is 2.39. The summed E-state index contributed by atoms with van der Waals surface area (Å²) in [5.41, 5.74) is 6.01. The maximum atomic E-state index is 11.4. The predicted octanol–water partition coefficient (Wildman–Crippen LogP) is 1.85. The minimum Gasteiger partial charge on any atom is -0.478 e. The van der Waals surface area contributed by atoms with Crippen LogP contribution in [-0.4, -0.2) is 30.1 Å². The molecule has 3 N–H and O–H groups in total. The molecule has 2 rings (SSSR count). The first-order valence-electron chi connectivity index (χ1n) is 5.91. The smallest absolute Gasteiger partial charge is 0.335 e. The molecule has 1 saturated heterocycles. The molecule has 1 aromatic carbocycles. The maximum absolute atomic E-state index is 11.4. The molecule has 1 unspecified atom stereocenters. The lowest BCUT2D eigenvalue weighted by Crippen LogP contribution is -2.37. The highest BCUT2D eigenvalue weighted by molar-refractivity contribution is 9.10. The number of carbonyl (C=O) groups is 2. The van der Waals surface area contributed by atoms with E-state index < -0.39 is 11.4 Å². The van der Waals surface area contributed by atoms with Gasteiger partial charge in [0, 0.05) is 17.6 Å². The standard InChI is InChI=1S/C13H15BrN2O3/c1-13(12(15)19)4-5-16(7-13)10-3-2-8(11(17)18)6-9(10)14/h2-3,6H,4-5,7H2,1H3,(H2,15,19)(H,17,18). The fourth-order valence-corrected chi connectivity index (χ4v) is 2.89. The van der Waals surface area contributed by atoms with Gasteiger partial charge in [0.2, 0.25) is 5.91 Å². The highest BCUT2D eigenvalue weighted by atomic mass is 79.9. The number of carboxylic acids is 1. The van der Waals surface area contributed by atoms with Gasteiger partial charge in [-0.05, 0) is 47.5 Å². The number of hydrogen-bond acceptors (Lipinski definition) is 3. The van der Waals surface area contributed by atoms with E-state index in [9.17, 15) is 9.59 Å². The van der Waals surface area contributed by atoms with Crippen LogP contribution in [0.5, 0.6) is 0 Å². The monoisotopic (exact) mass is 326 g/mol. The van der Waals surface area contributed by atoms with Crippen molar-refractivity contribution in [3.8, 4) is 0 Å². The van der Waals surface area contributed by atoms with Crippen LogP contribution in [0, 0.1) is 5.41 Å². The van der Waals surface area contributed by atoms with Crippen LogP contribution in [0.2, 0.25) is 0 Å². The number of nitrogens with zero attached hydrogens (tertiary/aromatic N) is 1. The van der Waals surface area contributed by atoms with Gasteiger partial charge in [-0.2, -0.15) is 0 Å². The van der Waals surface area contributed by atoms with Crippen molar-refractivity contribution in [1.82, 2.24) is 0 Å². The Balaban J connectivity index is 2.25. The van der Waals surface area contributed by atoms with Crippen molar-refractivity contribution < 1.29 is 14.7 Å². The highest BCUT2D eigenvalue weighted by Crippen LogP contribution is 2.36. The summed E-state index contributed by atoms with van der Waals surface area (Å²) in [5, 5.41) is 8.93. The molecule has 1 atom stereocenters. The van der Waals surface area contributed by atoms with Gasteiger partial charge in [-0.3, -0.25) is 4.79 Å². The molecule has 0 radical (unpaired) electrons. The van der Waals surface area contributed by atoms with Crippen molar-refractivity contribution in [2.75, 3.05) is 18.0 Å². The molecule has 102 valence electrons. The van der Waals surface area contributed by atoms with Crippen molar-refractivity contribution >= 4 is 33.5 Å². The molecule has 1 amide bonds. The van der Waals surface area contributed by atoms with E-state index >= 15 is 0 Å².